The Morgan fingerprint density at radius 1 is 1.15 bits per heavy atom. The molecule has 0 saturated carbocycles. The van der Waals surface area contributed by atoms with E-state index in [1.807, 2.05) is 49.0 Å². The first-order valence-corrected chi connectivity index (χ1v) is 8.36. The molecule has 0 saturated heterocycles. The summed E-state index contributed by atoms with van der Waals surface area (Å²) in [6, 6.07) is 9.59. The van der Waals surface area contributed by atoms with Crippen molar-refractivity contribution in [3.8, 4) is 17.4 Å². The summed E-state index contributed by atoms with van der Waals surface area (Å²) >= 11 is 0. The van der Waals surface area contributed by atoms with E-state index < -0.39 is 0 Å². The third-order valence-electron chi connectivity index (χ3n) is 4.20. The van der Waals surface area contributed by atoms with Crippen molar-refractivity contribution in [2.45, 2.75) is 13.5 Å². The first kappa shape index (κ1) is 15.5. The molecule has 0 aliphatic rings. The van der Waals surface area contributed by atoms with E-state index in [0.717, 1.165) is 16.5 Å². The Kier molecular flexibility index (Phi) is 3.39. The maximum absolute atomic E-state index is 5.99. The van der Waals surface area contributed by atoms with Gasteiger partial charge in [0.1, 0.15) is 12.4 Å². The van der Waals surface area contributed by atoms with Crippen LogP contribution in [0.2, 0.25) is 0 Å². The molecular formula is C18H15N7O2. The van der Waals surface area contributed by atoms with Crippen molar-refractivity contribution in [2.24, 2.45) is 7.05 Å². The molecule has 0 atom stereocenters. The summed E-state index contributed by atoms with van der Waals surface area (Å²) in [6.07, 6.45) is 3.64. The average Bonchev–Trinajstić information content (AvgIpc) is 3.39. The number of aryl methyl sites for hydroxylation is 2. The molecule has 0 unspecified atom stereocenters. The minimum absolute atomic E-state index is 0.309. The summed E-state index contributed by atoms with van der Waals surface area (Å²) < 4.78 is 14.7. The van der Waals surface area contributed by atoms with Gasteiger partial charge in [0.05, 0.1) is 12.0 Å². The Balaban J connectivity index is 1.66. The molecule has 5 aromatic rings. The molecule has 0 aliphatic heterocycles. The molecule has 4 aromatic heterocycles. The van der Waals surface area contributed by atoms with E-state index in [1.54, 1.807) is 16.9 Å². The van der Waals surface area contributed by atoms with Crippen molar-refractivity contribution in [1.82, 2.24) is 34.5 Å². The van der Waals surface area contributed by atoms with Crippen molar-refractivity contribution >= 4 is 16.4 Å². The fourth-order valence-corrected chi connectivity index (χ4v) is 2.97. The molecule has 0 bridgehead atoms. The third kappa shape index (κ3) is 2.60. The molecule has 9 heteroatoms. The summed E-state index contributed by atoms with van der Waals surface area (Å²) in [7, 11) is 1.92. The summed E-state index contributed by atoms with van der Waals surface area (Å²) in [4.78, 5) is 4.29. The lowest BCUT2D eigenvalue weighted by Gasteiger charge is -2.08. The van der Waals surface area contributed by atoms with Crippen LogP contribution in [0.4, 0.5) is 0 Å². The topological polar surface area (TPSA) is 96.2 Å². The number of hydrogen-bond donors (Lipinski definition) is 0. The Morgan fingerprint density at radius 3 is 2.74 bits per heavy atom. The van der Waals surface area contributed by atoms with Crippen LogP contribution in [-0.2, 0) is 13.7 Å². The summed E-state index contributed by atoms with van der Waals surface area (Å²) in [6.45, 7) is 2.13. The van der Waals surface area contributed by atoms with Crippen LogP contribution in [0.1, 0.15) is 11.5 Å². The highest BCUT2D eigenvalue weighted by molar-refractivity contribution is 5.96. The molecular weight excluding hydrogens is 346 g/mol. The lowest BCUT2D eigenvalue weighted by atomic mass is 10.2. The average molecular weight is 361 g/mol. The highest BCUT2D eigenvalue weighted by atomic mass is 16.5. The predicted octanol–water partition coefficient (Wildman–Crippen LogP) is 2.55. The minimum Gasteiger partial charge on any atom is -0.470 e. The van der Waals surface area contributed by atoms with Gasteiger partial charge in [-0.15, -0.1) is 15.3 Å². The SMILES string of the molecule is Cc1cc(-c2nnc3c4ccccc4c(OCc4cn(C)cn4)nn23)no1. The second-order valence-corrected chi connectivity index (χ2v) is 6.25. The Labute approximate surface area is 153 Å². The number of nitrogens with zero attached hydrogens (tertiary/aromatic N) is 7. The molecule has 5 rings (SSSR count). The van der Waals surface area contributed by atoms with Crippen LogP contribution in [0, 0.1) is 6.92 Å². The van der Waals surface area contributed by atoms with Crippen LogP contribution in [0.25, 0.3) is 27.9 Å². The first-order valence-electron chi connectivity index (χ1n) is 8.36. The van der Waals surface area contributed by atoms with E-state index >= 15 is 0 Å². The fraction of sp³-hybridized carbons (Fsp3) is 0.167. The van der Waals surface area contributed by atoms with E-state index in [0.29, 0.717) is 35.4 Å². The monoisotopic (exact) mass is 361 g/mol. The standard InChI is InChI=1S/C18H15N7O2/c1-11-7-15(23-27-11)17-21-20-16-13-5-3-4-6-14(13)18(22-25(16)17)26-9-12-8-24(2)10-19-12/h3-8,10H,9H2,1-2H3. The van der Waals surface area contributed by atoms with Gasteiger partial charge >= 0.3 is 0 Å². The molecule has 4 heterocycles. The number of rotatable bonds is 4. The molecule has 0 amide bonds. The van der Waals surface area contributed by atoms with E-state index in [2.05, 4.69) is 25.4 Å². The van der Waals surface area contributed by atoms with Crippen LogP contribution in [-0.4, -0.2) is 34.5 Å². The van der Waals surface area contributed by atoms with Gasteiger partial charge in [0.2, 0.25) is 11.7 Å². The number of benzene rings is 1. The maximum Gasteiger partial charge on any atom is 0.240 e. The summed E-state index contributed by atoms with van der Waals surface area (Å²) in [5.41, 5.74) is 2.02. The van der Waals surface area contributed by atoms with Crippen LogP contribution < -0.4 is 4.74 Å². The van der Waals surface area contributed by atoms with E-state index in [-0.39, 0.29) is 0 Å². The zero-order chi connectivity index (χ0) is 18.4. The first-order chi connectivity index (χ1) is 13.2. The van der Waals surface area contributed by atoms with Crippen molar-refractivity contribution in [3.63, 3.8) is 0 Å². The maximum atomic E-state index is 5.99. The molecule has 0 radical (unpaired) electrons. The zero-order valence-corrected chi connectivity index (χ0v) is 14.7. The number of hydrogen-bond acceptors (Lipinski definition) is 7. The third-order valence-corrected chi connectivity index (χ3v) is 4.20. The molecule has 0 fully saturated rings. The molecule has 0 spiro atoms. The highest BCUT2D eigenvalue weighted by Crippen LogP contribution is 2.29. The van der Waals surface area contributed by atoms with Gasteiger partial charge in [-0.05, 0) is 13.0 Å². The summed E-state index contributed by atoms with van der Waals surface area (Å²) in [5, 5.41) is 18.9. The Morgan fingerprint density at radius 2 is 2.00 bits per heavy atom. The molecule has 0 N–H and O–H groups in total. The summed E-state index contributed by atoms with van der Waals surface area (Å²) in [5.74, 6) is 1.66. The smallest absolute Gasteiger partial charge is 0.240 e. The van der Waals surface area contributed by atoms with Crippen molar-refractivity contribution in [1.29, 1.82) is 0 Å². The minimum atomic E-state index is 0.309. The van der Waals surface area contributed by atoms with E-state index in [1.165, 1.54) is 0 Å². The second kappa shape index (κ2) is 5.90. The van der Waals surface area contributed by atoms with Gasteiger partial charge in [0.25, 0.3) is 0 Å². The quantitative estimate of drug-likeness (QED) is 0.485. The second-order valence-electron chi connectivity index (χ2n) is 6.25. The lowest BCUT2D eigenvalue weighted by molar-refractivity contribution is 0.289. The number of imidazole rings is 1. The largest absolute Gasteiger partial charge is 0.470 e. The zero-order valence-electron chi connectivity index (χ0n) is 14.7. The van der Waals surface area contributed by atoms with Crippen LogP contribution >= 0.6 is 0 Å². The fourth-order valence-electron chi connectivity index (χ4n) is 2.97. The van der Waals surface area contributed by atoms with Gasteiger partial charge in [0, 0.05) is 30.1 Å². The molecule has 27 heavy (non-hydrogen) atoms. The van der Waals surface area contributed by atoms with Crippen molar-refractivity contribution in [3.05, 3.63) is 54.3 Å². The van der Waals surface area contributed by atoms with Gasteiger partial charge in [-0.1, -0.05) is 23.4 Å². The van der Waals surface area contributed by atoms with Gasteiger partial charge in [-0.25, -0.2) is 4.98 Å². The van der Waals surface area contributed by atoms with Gasteiger partial charge in [-0.3, -0.25) is 0 Å². The van der Waals surface area contributed by atoms with E-state index in [9.17, 15) is 0 Å². The van der Waals surface area contributed by atoms with E-state index in [4.69, 9.17) is 9.26 Å². The lowest BCUT2D eigenvalue weighted by Crippen LogP contribution is -2.03. The molecule has 9 nitrogen and oxygen atoms in total. The van der Waals surface area contributed by atoms with Crippen LogP contribution in [0.15, 0.2) is 47.4 Å². The van der Waals surface area contributed by atoms with Gasteiger partial charge in [0.15, 0.2) is 11.3 Å². The molecule has 0 aliphatic carbocycles. The Bertz CT molecular complexity index is 1270. The Hall–Kier alpha value is -3.75. The van der Waals surface area contributed by atoms with Gasteiger partial charge in [-0.2, -0.15) is 4.52 Å². The van der Waals surface area contributed by atoms with Gasteiger partial charge < -0.3 is 13.8 Å². The number of aromatic nitrogens is 7. The highest BCUT2D eigenvalue weighted by Gasteiger charge is 2.18. The van der Waals surface area contributed by atoms with Crippen LogP contribution in [0.5, 0.6) is 5.88 Å². The molecule has 134 valence electrons. The van der Waals surface area contributed by atoms with Crippen molar-refractivity contribution in [2.75, 3.05) is 0 Å². The molecule has 1 aromatic carbocycles. The van der Waals surface area contributed by atoms with Crippen LogP contribution in [0.3, 0.4) is 0 Å². The predicted molar refractivity (Wildman–Crippen MR) is 96.1 cm³/mol. The van der Waals surface area contributed by atoms with Crippen molar-refractivity contribution < 1.29 is 9.26 Å². The number of fused-ring (bicyclic) bond motifs is 3. The normalized spacial score (nSPS) is 11.5. The number of ether oxygens (including phenoxy) is 1.